The summed E-state index contributed by atoms with van der Waals surface area (Å²) in [6.45, 7) is 23.7. The van der Waals surface area contributed by atoms with Gasteiger partial charge in [-0.25, -0.2) is 0 Å². The fraction of sp³-hybridized carbons (Fsp3) is 0.957. The summed E-state index contributed by atoms with van der Waals surface area (Å²) in [4.78, 5) is 38.2. The van der Waals surface area contributed by atoms with Gasteiger partial charge in [-0.05, 0) is 81.1 Å². The van der Waals surface area contributed by atoms with Crippen molar-refractivity contribution in [2.45, 2.75) is 271 Å². The predicted molar refractivity (Wildman–Crippen MR) is 223 cm³/mol. The number of hydrogen-bond acceptors (Lipinski definition) is 8. The van der Waals surface area contributed by atoms with Gasteiger partial charge in [0.1, 0.15) is 12.2 Å². The molecule has 0 N–H and O–H groups in total. The van der Waals surface area contributed by atoms with Crippen LogP contribution in [0.1, 0.15) is 236 Å². The molecule has 0 aromatic heterocycles. The molecular formula is C46H88N2O6. The third-order valence-electron chi connectivity index (χ3n) is 11.7. The lowest BCUT2D eigenvalue weighted by Crippen LogP contribution is -2.62. The monoisotopic (exact) mass is 765 g/mol. The van der Waals surface area contributed by atoms with Crippen molar-refractivity contribution in [3.8, 4) is 0 Å². The first kappa shape index (κ1) is 48.9. The molecule has 2 heterocycles. The van der Waals surface area contributed by atoms with E-state index in [-0.39, 0.29) is 46.3 Å². The summed E-state index contributed by atoms with van der Waals surface area (Å²) < 4.78 is 12.0. The molecular weight excluding hydrogens is 677 g/mol. The lowest BCUT2D eigenvalue weighted by molar-refractivity contribution is -0.293. The quantitative estimate of drug-likeness (QED) is 0.0550. The molecule has 318 valence electrons. The molecule has 0 aromatic rings. The van der Waals surface area contributed by atoms with Crippen LogP contribution in [-0.2, 0) is 28.7 Å². The molecule has 0 aromatic carbocycles. The Morgan fingerprint density at radius 1 is 0.426 bits per heavy atom. The van der Waals surface area contributed by atoms with Crippen LogP contribution in [-0.4, -0.2) is 69.6 Å². The molecule has 8 heteroatoms. The Morgan fingerprint density at radius 3 is 0.981 bits per heavy atom. The average Bonchev–Trinajstić information content (AvgIpc) is 3.05. The number of carbonyl (C=O) groups excluding carboxylic acids is 2. The van der Waals surface area contributed by atoms with E-state index in [4.69, 9.17) is 19.1 Å². The molecule has 0 atom stereocenters. The Balaban J connectivity index is 1.53. The average molecular weight is 765 g/mol. The van der Waals surface area contributed by atoms with Gasteiger partial charge in [-0.1, -0.05) is 117 Å². The minimum Gasteiger partial charge on any atom is -0.462 e. The van der Waals surface area contributed by atoms with Crippen molar-refractivity contribution in [2.24, 2.45) is 0 Å². The Morgan fingerprint density at radius 2 is 0.685 bits per heavy atom. The highest BCUT2D eigenvalue weighted by Crippen LogP contribution is 2.41. The summed E-state index contributed by atoms with van der Waals surface area (Å²) in [5.74, 6) is -0.121. The second-order valence-corrected chi connectivity index (χ2v) is 19.4. The van der Waals surface area contributed by atoms with Crippen molar-refractivity contribution in [1.29, 1.82) is 0 Å². The van der Waals surface area contributed by atoms with Gasteiger partial charge in [-0.3, -0.25) is 19.3 Å². The van der Waals surface area contributed by atoms with E-state index in [1.165, 1.54) is 77.0 Å². The maximum Gasteiger partial charge on any atom is 0.306 e. The van der Waals surface area contributed by atoms with Gasteiger partial charge in [0.25, 0.3) is 0 Å². The minimum atomic E-state index is -0.191. The summed E-state index contributed by atoms with van der Waals surface area (Å²) in [6.07, 6.45) is 27.6. The van der Waals surface area contributed by atoms with Crippen LogP contribution in [0, 0.1) is 0 Å². The highest BCUT2D eigenvalue weighted by molar-refractivity contribution is 5.69. The molecule has 0 bridgehead atoms. The molecule has 0 aliphatic carbocycles. The standard InChI is InChI=1S/C46H88N2O6/c1-11-13-15-17-25-29-33-51-47-43(3,4)35-39(36-44(47,5)6)53-41(49)31-27-23-21-19-20-22-24-28-32-42(50)54-40-37-45(7,8)48(46(9,10)38-40)52-34-30-26-18-16-14-12-2/h39-40H,11-38H2,1-10H3. The summed E-state index contributed by atoms with van der Waals surface area (Å²) in [6, 6.07) is 0. The minimum absolute atomic E-state index is 0.0607. The van der Waals surface area contributed by atoms with E-state index in [1.807, 2.05) is 0 Å². The van der Waals surface area contributed by atoms with Crippen LogP contribution >= 0.6 is 0 Å². The fourth-order valence-electron chi connectivity index (χ4n) is 9.37. The SMILES string of the molecule is CCCCCCCCON1C(C)(C)CC(OC(=O)CCCCCCCCCCC(=O)OC2CC(C)(C)N(OCCCCCCCC)C(C)(C)C2)CC1(C)C. The molecule has 2 aliphatic heterocycles. The topological polar surface area (TPSA) is 77.5 Å². The van der Waals surface area contributed by atoms with Gasteiger partial charge in [0.2, 0.25) is 0 Å². The van der Waals surface area contributed by atoms with E-state index in [2.05, 4.69) is 79.4 Å². The van der Waals surface area contributed by atoms with Gasteiger partial charge >= 0.3 is 11.9 Å². The lowest BCUT2D eigenvalue weighted by Gasteiger charge is -2.53. The van der Waals surface area contributed by atoms with E-state index >= 15 is 0 Å². The number of ether oxygens (including phenoxy) is 2. The molecule has 2 saturated heterocycles. The molecule has 0 spiro atoms. The molecule has 2 fully saturated rings. The Kier molecular flexibility index (Phi) is 22.8. The zero-order valence-corrected chi connectivity index (χ0v) is 37.3. The van der Waals surface area contributed by atoms with Crippen LogP contribution in [0.3, 0.4) is 0 Å². The van der Waals surface area contributed by atoms with Crippen LogP contribution in [0.25, 0.3) is 0 Å². The number of unbranched alkanes of at least 4 members (excludes halogenated alkanes) is 17. The number of carbonyl (C=O) groups is 2. The second kappa shape index (κ2) is 25.2. The maximum atomic E-state index is 12.8. The molecule has 8 nitrogen and oxygen atoms in total. The fourth-order valence-corrected chi connectivity index (χ4v) is 9.37. The molecule has 0 saturated carbocycles. The van der Waals surface area contributed by atoms with Gasteiger partial charge in [0.05, 0.1) is 13.2 Å². The first-order valence-electron chi connectivity index (χ1n) is 22.8. The van der Waals surface area contributed by atoms with Crippen molar-refractivity contribution < 1.29 is 28.7 Å². The molecule has 0 radical (unpaired) electrons. The number of rotatable bonds is 29. The van der Waals surface area contributed by atoms with Crippen LogP contribution in [0.4, 0.5) is 0 Å². The van der Waals surface area contributed by atoms with E-state index in [9.17, 15) is 9.59 Å². The zero-order chi connectivity index (χ0) is 40.1. The van der Waals surface area contributed by atoms with Crippen molar-refractivity contribution in [2.75, 3.05) is 13.2 Å². The van der Waals surface area contributed by atoms with Gasteiger partial charge in [0, 0.05) is 60.7 Å². The molecule has 0 amide bonds. The van der Waals surface area contributed by atoms with Crippen LogP contribution in [0.5, 0.6) is 0 Å². The normalized spacial score (nSPS) is 20.3. The van der Waals surface area contributed by atoms with E-state index < -0.39 is 0 Å². The van der Waals surface area contributed by atoms with Crippen molar-refractivity contribution >= 4 is 11.9 Å². The maximum absolute atomic E-state index is 12.8. The van der Waals surface area contributed by atoms with Crippen molar-refractivity contribution in [1.82, 2.24) is 10.1 Å². The highest BCUT2D eigenvalue weighted by Gasteiger charge is 2.49. The number of esters is 2. The van der Waals surface area contributed by atoms with Crippen molar-refractivity contribution in [3.63, 3.8) is 0 Å². The van der Waals surface area contributed by atoms with E-state index in [1.54, 1.807) is 0 Å². The zero-order valence-electron chi connectivity index (χ0n) is 37.3. The van der Waals surface area contributed by atoms with Gasteiger partial charge in [-0.15, -0.1) is 0 Å². The summed E-state index contributed by atoms with van der Waals surface area (Å²) in [5.41, 5.74) is -0.763. The smallest absolute Gasteiger partial charge is 0.306 e. The van der Waals surface area contributed by atoms with E-state index in [0.717, 1.165) is 90.3 Å². The highest BCUT2D eigenvalue weighted by atomic mass is 16.7. The molecule has 2 rings (SSSR count). The Bertz CT molecular complexity index is 911. The Labute approximate surface area is 333 Å². The third kappa shape index (κ3) is 18.8. The number of nitrogens with zero attached hydrogens (tertiary/aromatic N) is 2. The molecule has 54 heavy (non-hydrogen) atoms. The molecule has 0 unspecified atom stereocenters. The Hall–Kier alpha value is -1.22. The largest absolute Gasteiger partial charge is 0.462 e. The van der Waals surface area contributed by atoms with E-state index in [0.29, 0.717) is 12.8 Å². The molecule has 2 aliphatic rings. The first-order chi connectivity index (χ1) is 25.5. The summed E-state index contributed by atoms with van der Waals surface area (Å²) in [7, 11) is 0. The number of piperidine rings is 2. The van der Waals surface area contributed by atoms with Crippen LogP contribution < -0.4 is 0 Å². The van der Waals surface area contributed by atoms with Gasteiger partial charge in [-0.2, -0.15) is 10.1 Å². The summed E-state index contributed by atoms with van der Waals surface area (Å²) >= 11 is 0. The predicted octanol–water partition coefficient (Wildman–Crippen LogP) is 12.6. The number of hydroxylamine groups is 4. The number of hydrogen-bond donors (Lipinski definition) is 0. The van der Waals surface area contributed by atoms with Gasteiger partial charge < -0.3 is 9.47 Å². The lowest BCUT2D eigenvalue weighted by atomic mass is 9.80. The first-order valence-corrected chi connectivity index (χ1v) is 22.8. The summed E-state index contributed by atoms with van der Waals surface area (Å²) in [5, 5.41) is 4.36. The third-order valence-corrected chi connectivity index (χ3v) is 11.7. The van der Waals surface area contributed by atoms with Crippen LogP contribution in [0.15, 0.2) is 0 Å². The van der Waals surface area contributed by atoms with Crippen LogP contribution in [0.2, 0.25) is 0 Å². The van der Waals surface area contributed by atoms with Crippen molar-refractivity contribution in [3.05, 3.63) is 0 Å². The van der Waals surface area contributed by atoms with Gasteiger partial charge in [0.15, 0.2) is 0 Å². The second-order valence-electron chi connectivity index (χ2n) is 19.4.